The first-order valence-corrected chi connectivity index (χ1v) is 5.67. The SMILES string of the molecule is CCCN(C)CCCC(N)(CC)C(=O)O. The van der Waals surface area contributed by atoms with Crippen molar-refractivity contribution in [2.45, 2.75) is 45.1 Å². The quantitative estimate of drug-likeness (QED) is 0.642. The molecule has 0 aliphatic carbocycles. The minimum Gasteiger partial charge on any atom is -0.480 e. The van der Waals surface area contributed by atoms with E-state index in [2.05, 4.69) is 18.9 Å². The van der Waals surface area contributed by atoms with E-state index in [4.69, 9.17) is 10.8 Å². The molecule has 0 saturated carbocycles. The Hall–Kier alpha value is -0.610. The molecule has 0 rings (SSSR count). The molecule has 0 fully saturated rings. The van der Waals surface area contributed by atoms with Gasteiger partial charge in [-0.3, -0.25) is 4.79 Å². The van der Waals surface area contributed by atoms with Crippen molar-refractivity contribution in [3.63, 3.8) is 0 Å². The lowest BCUT2D eigenvalue weighted by Crippen LogP contribution is -2.47. The van der Waals surface area contributed by atoms with E-state index in [1.807, 2.05) is 6.92 Å². The van der Waals surface area contributed by atoms with Gasteiger partial charge in [-0.15, -0.1) is 0 Å². The Balaban J connectivity index is 3.87. The van der Waals surface area contributed by atoms with Crippen molar-refractivity contribution in [1.82, 2.24) is 4.90 Å². The lowest BCUT2D eigenvalue weighted by Gasteiger charge is -2.24. The van der Waals surface area contributed by atoms with Gasteiger partial charge in [0.15, 0.2) is 0 Å². The number of aliphatic carboxylic acids is 1. The summed E-state index contributed by atoms with van der Waals surface area (Å²) in [6.07, 6.45) is 3.00. The molecule has 0 spiro atoms. The summed E-state index contributed by atoms with van der Waals surface area (Å²) in [6.45, 7) is 5.92. The summed E-state index contributed by atoms with van der Waals surface area (Å²) in [5.74, 6) is -0.886. The smallest absolute Gasteiger partial charge is 0.323 e. The van der Waals surface area contributed by atoms with Crippen LogP contribution in [0.1, 0.15) is 39.5 Å². The zero-order valence-electron chi connectivity index (χ0n) is 10.1. The molecule has 3 N–H and O–H groups in total. The molecule has 0 aliphatic heterocycles. The van der Waals surface area contributed by atoms with Crippen molar-refractivity contribution >= 4 is 5.97 Å². The van der Waals surface area contributed by atoms with Gasteiger partial charge in [0.05, 0.1) is 0 Å². The van der Waals surface area contributed by atoms with Crippen LogP contribution in [0, 0.1) is 0 Å². The average Bonchev–Trinajstić information content (AvgIpc) is 2.17. The highest BCUT2D eigenvalue weighted by Crippen LogP contribution is 2.14. The van der Waals surface area contributed by atoms with Gasteiger partial charge in [-0.25, -0.2) is 0 Å². The Labute approximate surface area is 92.4 Å². The predicted octanol–water partition coefficient (Wildman–Crippen LogP) is 1.30. The number of carboxylic acid groups (broad SMARTS) is 1. The number of nitrogens with two attached hydrogens (primary N) is 1. The number of hydrogen-bond donors (Lipinski definition) is 2. The molecule has 4 nitrogen and oxygen atoms in total. The highest BCUT2D eigenvalue weighted by molar-refractivity contribution is 5.78. The Morgan fingerprint density at radius 3 is 2.40 bits per heavy atom. The fourth-order valence-electron chi connectivity index (χ4n) is 1.59. The van der Waals surface area contributed by atoms with Crippen LogP contribution in [-0.4, -0.2) is 41.7 Å². The fraction of sp³-hybridized carbons (Fsp3) is 0.909. The molecule has 15 heavy (non-hydrogen) atoms. The van der Waals surface area contributed by atoms with Crippen LogP contribution in [0.3, 0.4) is 0 Å². The summed E-state index contributed by atoms with van der Waals surface area (Å²) >= 11 is 0. The zero-order valence-corrected chi connectivity index (χ0v) is 10.1. The molecule has 0 amide bonds. The third kappa shape index (κ3) is 5.14. The molecule has 90 valence electrons. The molecule has 4 heteroatoms. The minimum atomic E-state index is -1.03. The molecule has 0 aromatic carbocycles. The second kappa shape index (κ2) is 6.80. The van der Waals surface area contributed by atoms with Gasteiger partial charge >= 0.3 is 5.97 Å². The Morgan fingerprint density at radius 2 is 2.00 bits per heavy atom. The highest BCUT2D eigenvalue weighted by atomic mass is 16.4. The molecule has 0 saturated heterocycles. The topological polar surface area (TPSA) is 66.6 Å². The van der Waals surface area contributed by atoms with E-state index >= 15 is 0 Å². The van der Waals surface area contributed by atoms with Gasteiger partial charge in [0.1, 0.15) is 5.54 Å². The summed E-state index contributed by atoms with van der Waals surface area (Å²) in [5, 5.41) is 8.96. The maximum atomic E-state index is 10.9. The van der Waals surface area contributed by atoms with E-state index in [1.165, 1.54) is 0 Å². The molecular formula is C11H24N2O2. The number of rotatable bonds is 8. The van der Waals surface area contributed by atoms with Crippen LogP contribution < -0.4 is 5.73 Å². The van der Waals surface area contributed by atoms with Gasteiger partial charge < -0.3 is 15.7 Å². The van der Waals surface area contributed by atoms with E-state index in [0.717, 1.165) is 25.9 Å². The Kier molecular flexibility index (Phi) is 6.52. The van der Waals surface area contributed by atoms with Gasteiger partial charge in [0.2, 0.25) is 0 Å². The van der Waals surface area contributed by atoms with Gasteiger partial charge in [0.25, 0.3) is 0 Å². The van der Waals surface area contributed by atoms with Crippen molar-refractivity contribution in [3.8, 4) is 0 Å². The summed E-state index contributed by atoms with van der Waals surface area (Å²) in [4.78, 5) is 13.1. The van der Waals surface area contributed by atoms with E-state index < -0.39 is 11.5 Å². The first kappa shape index (κ1) is 14.4. The van der Waals surface area contributed by atoms with Crippen LogP contribution in [0.25, 0.3) is 0 Å². The number of carbonyl (C=O) groups is 1. The first-order chi connectivity index (χ1) is 6.96. The molecule has 0 heterocycles. The van der Waals surface area contributed by atoms with Crippen molar-refractivity contribution in [1.29, 1.82) is 0 Å². The second-order valence-electron chi connectivity index (χ2n) is 4.22. The van der Waals surface area contributed by atoms with Gasteiger partial charge in [-0.2, -0.15) is 0 Å². The molecule has 0 aromatic heterocycles. The van der Waals surface area contributed by atoms with Crippen LogP contribution in [0.5, 0.6) is 0 Å². The van der Waals surface area contributed by atoms with Gasteiger partial charge in [0, 0.05) is 0 Å². The highest BCUT2D eigenvalue weighted by Gasteiger charge is 2.30. The zero-order chi connectivity index (χ0) is 11.9. The predicted molar refractivity (Wildman–Crippen MR) is 61.9 cm³/mol. The van der Waals surface area contributed by atoms with Crippen LogP contribution in [0.15, 0.2) is 0 Å². The first-order valence-electron chi connectivity index (χ1n) is 5.67. The third-order valence-electron chi connectivity index (χ3n) is 2.82. The molecule has 0 radical (unpaired) electrons. The van der Waals surface area contributed by atoms with Crippen molar-refractivity contribution in [2.24, 2.45) is 5.73 Å². The van der Waals surface area contributed by atoms with E-state index in [-0.39, 0.29) is 0 Å². The van der Waals surface area contributed by atoms with Crippen LogP contribution in [0.2, 0.25) is 0 Å². The number of nitrogens with zero attached hydrogens (tertiary/aromatic N) is 1. The molecule has 1 unspecified atom stereocenters. The molecule has 0 aliphatic rings. The maximum absolute atomic E-state index is 10.9. The average molecular weight is 216 g/mol. The minimum absolute atomic E-state index is 0.486. The lowest BCUT2D eigenvalue weighted by atomic mass is 9.92. The van der Waals surface area contributed by atoms with Gasteiger partial charge in [-0.1, -0.05) is 13.8 Å². The maximum Gasteiger partial charge on any atom is 0.323 e. The molecule has 0 bridgehead atoms. The molecule has 0 aromatic rings. The van der Waals surface area contributed by atoms with Crippen molar-refractivity contribution in [2.75, 3.05) is 20.1 Å². The van der Waals surface area contributed by atoms with Crippen LogP contribution in [0.4, 0.5) is 0 Å². The largest absolute Gasteiger partial charge is 0.480 e. The van der Waals surface area contributed by atoms with E-state index in [0.29, 0.717) is 12.8 Å². The molecular weight excluding hydrogens is 192 g/mol. The van der Waals surface area contributed by atoms with Gasteiger partial charge in [-0.05, 0) is 45.8 Å². The van der Waals surface area contributed by atoms with Crippen LogP contribution >= 0.6 is 0 Å². The third-order valence-corrected chi connectivity index (χ3v) is 2.82. The van der Waals surface area contributed by atoms with Crippen LogP contribution in [-0.2, 0) is 4.79 Å². The van der Waals surface area contributed by atoms with E-state index in [1.54, 1.807) is 0 Å². The Bertz CT molecular complexity index is 197. The summed E-state index contributed by atoms with van der Waals surface area (Å²) in [7, 11) is 2.05. The number of hydrogen-bond acceptors (Lipinski definition) is 3. The monoisotopic (exact) mass is 216 g/mol. The lowest BCUT2D eigenvalue weighted by molar-refractivity contribution is -0.143. The van der Waals surface area contributed by atoms with Crippen molar-refractivity contribution < 1.29 is 9.90 Å². The fourth-order valence-corrected chi connectivity index (χ4v) is 1.59. The van der Waals surface area contributed by atoms with Crippen molar-refractivity contribution in [3.05, 3.63) is 0 Å². The number of carboxylic acids is 1. The summed E-state index contributed by atoms with van der Waals surface area (Å²) in [5.41, 5.74) is 4.75. The normalized spacial score (nSPS) is 15.3. The summed E-state index contributed by atoms with van der Waals surface area (Å²) in [6, 6.07) is 0. The molecule has 1 atom stereocenters. The van der Waals surface area contributed by atoms with E-state index in [9.17, 15) is 4.79 Å². The second-order valence-corrected chi connectivity index (χ2v) is 4.22. The standard InChI is InChI=1S/C11H24N2O2/c1-4-8-13(3)9-6-7-11(12,5-2)10(14)15/h4-9,12H2,1-3H3,(H,14,15). The summed E-state index contributed by atoms with van der Waals surface area (Å²) < 4.78 is 0. The Morgan fingerprint density at radius 1 is 1.40 bits per heavy atom.